The minimum atomic E-state index is 0. The number of hydrogen-bond donors (Lipinski definition) is 2. The van der Waals surface area contributed by atoms with Crippen LogP contribution in [0.5, 0.6) is 5.75 Å². The third-order valence-electron chi connectivity index (χ3n) is 2.32. The van der Waals surface area contributed by atoms with Crippen LogP contribution in [0.2, 0.25) is 0 Å². The summed E-state index contributed by atoms with van der Waals surface area (Å²) in [6.07, 6.45) is 1.86. The second-order valence-corrected chi connectivity index (χ2v) is 4.29. The van der Waals surface area contributed by atoms with Crippen molar-refractivity contribution in [3.05, 3.63) is 28.2 Å². The number of halogens is 2. The molecule has 0 saturated heterocycles. The Balaban J connectivity index is 0.00000225. The quantitative estimate of drug-likeness (QED) is 0.879. The molecule has 0 amide bonds. The molecule has 0 aromatic heterocycles. The van der Waals surface area contributed by atoms with E-state index in [1.54, 1.807) is 7.11 Å². The maximum atomic E-state index is 6.02. The van der Waals surface area contributed by atoms with Crippen LogP contribution >= 0.6 is 28.3 Å². The zero-order valence-corrected chi connectivity index (χ0v) is 11.7. The van der Waals surface area contributed by atoms with Gasteiger partial charge in [0.2, 0.25) is 0 Å². The lowest BCUT2D eigenvalue weighted by Crippen LogP contribution is -2.12. The number of rotatable bonds is 5. The molecule has 16 heavy (non-hydrogen) atoms. The van der Waals surface area contributed by atoms with Gasteiger partial charge in [0.15, 0.2) is 0 Å². The maximum Gasteiger partial charge on any atom is 0.133 e. The summed E-state index contributed by atoms with van der Waals surface area (Å²) >= 11 is 3.44. The molecular weight excluding hydrogens is 291 g/mol. The molecule has 0 aliphatic heterocycles. The Hall–Kier alpha value is -0.290. The number of benzene rings is 1. The average molecular weight is 310 g/mol. The first-order chi connectivity index (χ1) is 7.19. The predicted molar refractivity (Wildman–Crippen MR) is 73.2 cm³/mol. The Morgan fingerprint density at radius 1 is 1.44 bits per heavy atom. The fourth-order valence-electron chi connectivity index (χ4n) is 1.42. The highest BCUT2D eigenvalue weighted by molar-refractivity contribution is 9.10. The lowest BCUT2D eigenvalue weighted by atomic mass is 10.0. The highest BCUT2D eigenvalue weighted by Crippen LogP contribution is 2.28. The van der Waals surface area contributed by atoms with Crippen LogP contribution in [0, 0.1) is 0 Å². The molecule has 0 saturated carbocycles. The molecule has 5 heteroatoms. The van der Waals surface area contributed by atoms with E-state index in [0.717, 1.165) is 28.6 Å². The van der Waals surface area contributed by atoms with Crippen molar-refractivity contribution in [2.24, 2.45) is 11.5 Å². The van der Waals surface area contributed by atoms with Gasteiger partial charge >= 0.3 is 0 Å². The molecular formula is C11H18BrClN2O. The highest BCUT2D eigenvalue weighted by atomic mass is 79.9. The van der Waals surface area contributed by atoms with Crippen LogP contribution in [-0.2, 0) is 0 Å². The Labute approximate surface area is 111 Å². The SMILES string of the molecule is COc1ccc([C@@H](N)CCCN)cc1Br.Cl. The smallest absolute Gasteiger partial charge is 0.133 e. The molecule has 4 N–H and O–H groups in total. The van der Waals surface area contributed by atoms with Crippen molar-refractivity contribution in [2.45, 2.75) is 18.9 Å². The summed E-state index contributed by atoms with van der Waals surface area (Å²) in [6, 6.07) is 5.96. The van der Waals surface area contributed by atoms with Gasteiger partial charge in [-0.3, -0.25) is 0 Å². The topological polar surface area (TPSA) is 61.3 Å². The number of ether oxygens (including phenoxy) is 1. The summed E-state index contributed by atoms with van der Waals surface area (Å²) < 4.78 is 6.09. The van der Waals surface area contributed by atoms with Crippen molar-refractivity contribution in [2.75, 3.05) is 13.7 Å². The fourth-order valence-corrected chi connectivity index (χ4v) is 1.98. The van der Waals surface area contributed by atoms with E-state index in [1.807, 2.05) is 18.2 Å². The van der Waals surface area contributed by atoms with Crippen molar-refractivity contribution in [1.29, 1.82) is 0 Å². The van der Waals surface area contributed by atoms with Gasteiger partial charge in [-0.2, -0.15) is 0 Å². The molecule has 1 rings (SSSR count). The number of hydrogen-bond acceptors (Lipinski definition) is 3. The van der Waals surface area contributed by atoms with E-state index in [2.05, 4.69) is 15.9 Å². The monoisotopic (exact) mass is 308 g/mol. The largest absolute Gasteiger partial charge is 0.496 e. The first-order valence-electron chi connectivity index (χ1n) is 4.98. The summed E-state index contributed by atoms with van der Waals surface area (Å²) in [6.45, 7) is 0.686. The molecule has 1 aromatic carbocycles. The minimum absolute atomic E-state index is 0. The van der Waals surface area contributed by atoms with Crippen LogP contribution in [0.15, 0.2) is 22.7 Å². The van der Waals surface area contributed by atoms with Crippen LogP contribution in [0.3, 0.4) is 0 Å². The molecule has 0 unspecified atom stereocenters. The van der Waals surface area contributed by atoms with Gasteiger partial charge in [0.25, 0.3) is 0 Å². The average Bonchev–Trinajstić information content (AvgIpc) is 2.25. The Bertz CT molecular complexity index is 323. The fraction of sp³-hybridized carbons (Fsp3) is 0.455. The highest BCUT2D eigenvalue weighted by Gasteiger charge is 2.08. The van der Waals surface area contributed by atoms with Crippen LogP contribution in [-0.4, -0.2) is 13.7 Å². The van der Waals surface area contributed by atoms with Crippen LogP contribution in [0.4, 0.5) is 0 Å². The van der Waals surface area contributed by atoms with Gasteiger partial charge in [-0.25, -0.2) is 0 Å². The molecule has 3 nitrogen and oxygen atoms in total. The second-order valence-electron chi connectivity index (χ2n) is 3.43. The zero-order valence-electron chi connectivity index (χ0n) is 9.28. The molecule has 0 heterocycles. The first-order valence-corrected chi connectivity index (χ1v) is 5.77. The van der Waals surface area contributed by atoms with E-state index in [0.29, 0.717) is 6.54 Å². The molecule has 0 aliphatic rings. The third kappa shape index (κ3) is 4.29. The predicted octanol–water partition coefficient (Wildman–Crippen LogP) is 2.62. The molecule has 1 aromatic rings. The lowest BCUT2D eigenvalue weighted by molar-refractivity contribution is 0.411. The van der Waals surface area contributed by atoms with E-state index in [9.17, 15) is 0 Å². The van der Waals surface area contributed by atoms with Gasteiger partial charge < -0.3 is 16.2 Å². The normalized spacial score (nSPS) is 11.8. The molecule has 0 fully saturated rings. The zero-order chi connectivity index (χ0) is 11.3. The summed E-state index contributed by atoms with van der Waals surface area (Å²) in [4.78, 5) is 0. The number of nitrogens with two attached hydrogens (primary N) is 2. The van der Waals surface area contributed by atoms with Crippen molar-refractivity contribution < 1.29 is 4.74 Å². The molecule has 1 atom stereocenters. The summed E-state index contributed by atoms with van der Waals surface area (Å²) in [7, 11) is 1.65. The number of methoxy groups -OCH3 is 1. The molecule has 0 radical (unpaired) electrons. The van der Waals surface area contributed by atoms with Gasteiger partial charge in [-0.1, -0.05) is 6.07 Å². The molecule has 0 aliphatic carbocycles. The third-order valence-corrected chi connectivity index (χ3v) is 2.94. The standard InChI is InChI=1S/C11H17BrN2O.ClH/c1-15-11-5-4-8(7-9(11)12)10(14)3-2-6-13;/h4-5,7,10H,2-3,6,13-14H2,1H3;1H/t10-;/m0./s1. The Kier molecular flexibility index (Phi) is 7.76. The van der Waals surface area contributed by atoms with Crippen molar-refractivity contribution in [1.82, 2.24) is 0 Å². The van der Waals surface area contributed by atoms with E-state index in [4.69, 9.17) is 16.2 Å². The lowest BCUT2D eigenvalue weighted by Gasteiger charge is -2.13. The van der Waals surface area contributed by atoms with E-state index in [-0.39, 0.29) is 18.4 Å². The minimum Gasteiger partial charge on any atom is -0.496 e. The summed E-state index contributed by atoms with van der Waals surface area (Å²) in [5.74, 6) is 0.824. The summed E-state index contributed by atoms with van der Waals surface area (Å²) in [5, 5.41) is 0. The van der Waals surface area contributed by atoms with Crippen LogP contribution in [0.1, 0.15) is 24.4 Å². The van der Waals surface area contributed by atoms with Gasteiger partial charge in [0.1, 0.15) is 5.75 Å². The second kappa shape index (κ2) is 7.90. The van der Waals surface area contributed by atoms with Gasteiger partial charge in [-0.15, -0.1) is 12.4 Å². The van der Waals surface area contributed by atoms with Crippen LogP contribution < -0.4 is 16.2 Å². The molecule has 92 valence electrons. The van der Waals surface area contributed by atoms with E-state index < -0.39 is 0 Å². The van der Waals surface area contributed by atoms with Crippen molar-refractivity contribution in [3.8, 4) is 5.75 Å². The van der Waals surface area contributed by atoms with Crippen LogP contribution in [0.25, 0.3) is 0 Å². The molecule has 0 bridgehead atoms. The molecule has 0 spiro atoms. The Morgan fingerprint density at radius 2 is 2.12 bits per heavy atom. The van der Waals surface area contributed by atoms with Crippen molar-refractivity contribution in [3.63, 3.8) is 0 Å². The van der Waals surface area contributed by atoms with E-state index in [1.165, 1.54) is 0 Å². The Morgan fingerprint density at radius 3 is 2.62 bits per heavy atom. The van der Waals surface area contributed by atoms with E-state index >= 15 is 0 Å². The van der Waals surface area contributed by atoms with Gasteiger partial charge in [0.05, 0.1) is 11.6 Å². The van der Waals surface area contributed by atoms with Gasteiger partial charge in [0, 0.05) is 6.04 Å². The van der Waals surface area contributed by atoms with Crippen molar-refractivity contribution >= 4 is 28.3 Å². The first kappa shape index (κ1) is 15.7. The van der Waals surface area contributed by atoms with Gasteiger partial charge in [-0.05, 0) is 53.0 Å². The summed E-state index contributed by atoms with van der Waals surface area (Å²) in [5.41, 5.74) is 12.6. The maximum absolute atomic E-state index is 6.02.